The van der Waals surface area contributed by atoms with E-state index in [1.54, 1.807) is 12.1 Å². The van der Waals surface area contributed by atoms with Gasteiger partial charge >= 0.3 is 5.97 Å². The number of methoxy groups -OCH3 is 1. The number of esters is 1. The summed E-state index contributed by atoms with van der Waals surface area (Å²) in [5, 5.41) is 0. The lowest BCUT2D eigenvalue weighted by Crippen LogP contribution is -2.04. The lowest BCUT2D eigenvalue weighted by molar-refractivity contribution is 0.0595. The van der Waals surface area contributed by atoms with Crippen LogP contribution < -0.4 is 5.73 Å². The Morgan fingerprint density at radius 2 is 2.00 bits per heavy atom. The minimum Gasteiger partial charge on any atom is -0.465 e. The Morgan fingerprint density at radius 3 is 2.62 bits per heavy atom. The molecule has 0 saturated heterocycles. The Morgan fingerprint density at radius 1 is 1.24 bits per heavy atom. The number of hydrogen-bond donors (Lipinski definition) is 1. The monoisotopic (exact) mass is 309 g/mol. The summed E-state index contributed by atoms with van der Waals surface area (Å²) in [6.45, 7) is 0. The van der Waals surface area contributed by atoms with E-state index in [9.17, 15) is 13.6 Å². The molecule has 0 aliphatic heterocycles. The summed E-state index contributed by atoms with van der Waals surface area (Å²) >= 11 is 1.33. The van der Waals surface area contributed by atoms with Crippen LogP contribution in [0.15, 0.2) is 41.3 Å². The van der Waals surface area contributed by atoms with E-state index in [1.165, 1.54) is 43.1 Å². The molecule has 2 N–H and O–H groups in total. The Hall–Kier alpha value is -2.08. The van der Waals surface area contributed by atoms with Gasteiger partial charge in [0.15, 0.2) is 0 Å². The van der Waals surface area contributed by atoms with Crippen LogP contribution in [0, 0.1) is 11.6 Å². The Labute approximate surface area is 125 Å². The first kappa shape index (κ1) is 15.3. The maximum Gasteiger partial charge on any atom is 0.340 e. The van der Waals surface area contributed by atoms with Gasteiger partial charge in [-0.1, -0.05) is 6.07 Å². The lowest BCUT2D eigenvalue weighted by Gasteiger charge is -2.06. The number of benzene rings is 2. The molecule has 0 saturated carbocycles. The minimum atomic E-state index is -0.718. The van der Waals surface area contributed by atoms with Crippen LogP contribution in [0.5, 0.6) is 0 Å². The normalized spacial score (nSPS) is 10.4. The van der Waals surface area contributed by atoms with Gasteiger partial charge in [-0.3, -0.25) is 0 Å². The van der Waals surface area contributed by atoms with Crippen LogP contribution in [-0.4, -0.2) is 13.1 Å². The molecule has 0 aliphatic carbocycles. The van der Waals surface area contributed by atoms with Crippen molar-refractivity contribution >= 4 is 23.4 Å². The number of thioether (sulfide) groups is 1. The molecule has 0 spiro atoms. The number of halogens is 2. The molecule has 2 aromatic rings. The zero-order valence-corrected chi connectivity index (χ0v) is 12.0. The number of carbonyl (C=O) groups is 1. The maximum atomic E-state index is 13.8. The van der Waals surface area contributed by atoms with Crippen molar-refractivity contribution in [1.29, 1.82) is 0 Å². The van der Waals surface area contributed by atoms with Gasteiger partial charge in [0.1, 0.15) is 11.6 Å². The predicted molar refractivity (Wildman–Crippen MR) is 78.1 cm³/mol. The molecule has 3 nitrogen and oxygen atoms in total. The second-order valence-corrected chi connectivity index (χ2v) is 5.36. The molecule has 0 fully saturated rings. The first-order chi connectivity index (χ1) is 9.99. The zero-order chi connectivity index (χ0) is 15.4. The van der Waals surface area contributed by atoms with Crippen molar-refractivity contribution in [2.45, 2.75) is 10.6 Å². The van der Waals surface area contributed by atoms with E-state index < -0.39 is 17.6 Å². The third-order valence-electron chi connectivity index (χ3n) is 2.74. The number of anilines is 1. The largest absolute Gasteiger partial charge is 0.465 e. The Kier molecular flexibility index (Phi) is 4.80. The first-order valence-electron chi connectivity index (χ1n) is 6.05. The van der Waals surface area contributed by atoms with Gasteiger partial charge < -0.3 is 10.5 Å². The van der Waals surface area contributed by atoms with E-state index in [-0.39, 0.29) is 5.56 Å². The molecule has 6 heteroatoms. The molecule has 21 heavy (non-hydrogen) atoms. The quantitative estimate of drug-likeness (QED) is 0.532. The van der Waals surface area contributed by atoms with Gasteiger partial charge in [0.2, 0.25) is 0 Å². The fourth-order valence-corrected chi connectivity index (χ4v) is 2.69. The van der Waals surface area contributed by atoms with Gasteiger partial charge in [0.25, 0.3) is 0 Å². The van der Waals surface area contributed by atoms with Crippen molar-refractivity contribution in [3.63, 3.8) is 0 Å². The lowest BCUT2D eigenvalue weighted by atomic mass is 10.1. The third kappa shape index (κ3) is 3.95. The minimum absolute atomic E-state index is 0.110. The van der Waals surface area contributed by atoms with Crippen molar-refractivity contribution in [3.8, 4) is 0 Å². The first-order valence-corrected chi connectivity index (χ1v) is 7.04. The summed E-state index contributed by atoms with van der Waals surface area (Å²) in [5.74, 6) is -1.34. The van der Waals surface area contributed by atoms with Crippen molar-refractivity contribution in [3.05, 3.63) is 59.2 Å². The maximum absolute atomic E-state index is 13.8. The van der Waals surface area contributed by atoms with Crippen LogP contribution in [0.4, 0.5) is 14.5 Å². The number of carbonyl (C=O) groups excluding carboxylic acids is 1. The van der Waals surface area contributed by atoms with Crippen LogP contribution in [-0.2, 0) is 10.5 Å². The third-order valence-corrected chi connectivity index (χ3v) is 3.78. The fraction of sp³-hybridized carbons (Fsp3) is 0.133. The van der Waals surface area contributed by atoms with Crippen LogP contribution in [0.25, 0.3) is 0 Å². The number of hydrogen-bond acceptors (Lipinski definition) is 4. The highest BCUT2D eigenvalue weighted by molar-refractivity contribution is 7.98. The molecule has 2 rings (SSSR count). The zero-order valence-electron chi connectivity index (χ0n) is 11.2. The Bertz CT molecular complexity index is 656. The van der Waals surface area contributed by atoms with E-state index >= 15 is 0 Å². The number of nitrogen functional groups attached to an aromatic ring is 1. The van der Waals surface area contributed by atoms with Gasteiger partial charge in [-0.2, -0.15) is 0 Å². The second kappa shape index (κ2) is 6.58. The molecule has 2 aromatic carbocycles. The molecule has 0 aliphatic rings. The predicted octanol–water partition coefficient (Wildman–Crippen LogP) is 3.63. The highest BCUT2D eigenvalue weighted by Crippen LogP contribution is 2.26. The molecule has 0 bridgehead atoms. The van der Waals surface area contributed by atoms with E-state index in [4.69, 9.17) is 5.73 Å². The number of ether oxygens (including phenoxy) is 1. The summed E-state index contributed by atoms with van der Waals surface area (Å²) in [6, 6.07) is 8.51. The molecule has 0 atom stereocenters. The number of rotatable bonds is 4. The van der Waals surface area contributed by atoms with Crippen LogP contribution in [0.1, 0.15) is 15.9 Å². The van der Waals surface area contributed by atoms with Crippen molar-refractivity contribution < 1.29 is 18.3 Å². The molecule has 0 heterocycles. The van der Waals surface area contributed by atoms with Gasteiger partial charge in [-0.05, 0) is 35.9 Å². The highest BCUT2D eigenvalue weighted by atomic mass is 32.2. The van der Waals surface area contributed by atoms with Crippen molar-refractivity contribution in [2.75, 3.05) is 12.8 Å². The SMILES string of the molecule is COC(=O)c1ccc(CSc2cc(N)cc(F)c2)cc1F. The standard InChI is InChI=1S/C15H13F2NO2S/c1-20-15(19)13-3-2-9(4-14(13)17)8-21-12-6-10(16)5-11(18)7-12/h2-7H,8,18H2,1H3. The van der Waals surface area contributed by atoms with Crippen LogP contribution >= 0.6 is 11.8 Å². The average Bonchev–Trinajstić information content (AvgIpc) is 2.43. The van der Waals surface area contributed by atoms with Crippen molar-refractivity contribution in [1.82, 2.24) is 0 Å². The van der Waals surface area contributed by atoms with Gasteiger partial charge in [0.05, 0.1) is 12.7 Å². The van der Waals surface area contributed by atoms with Crippen LogP contribution in [0.3, 0.4) is 0 Å². The van der Waals surface area contributed by atoms with Crippen LogP contribution in [0.2, 0.25) is 0 Å². The highest BCUT2D eigenvalue weighted by Gasteiger charge is 2.12. The van der Waals surface area contributed by atoms with E-state index in [0.29, 0.717) is 21.9 Å². The molecule has 110 valence electrons. The second-order valence-electron chi connectivity index (χ2n) is 4.31. The summed E-state index contributed by atoms with van der Waals surface area (Å²) in [5.41, 5.74) is 6.46. The molecule has 0 aromatic heterocycles. The summed E-state index contributed by atoms with van der Waals surface area (Å²) in [6.07, 6.45) is 0. The smallest absolute Gasteiger partial charge is 0.340 e. The topological polar surface area (TPSA) is 52.3 Å². The molecule has 0 amide bonds. The molecule has 0 unspecified atom stereocenters. The van der Waals surface area contributed by atoms with E-state index in [0.717, 1.165) is 0 Å². The fourth-order valence-electron chi connectivity index (χ4n) is 1.76. The number of nitrogens with two attached hydrogens (primary N) is 1. The molecular weight excluding hydrogens is 296 g/mol. The molecule has 0 radical (unpaired) electrons. The Balaban J connectivity index is 2.10. The van der Waals surface area contributed by atoms with E-state index in [2.05, 4.69) is 4.74 Å². The van der Waals surface area contributed by atoms with Gasteiger partial charge in [0, 0.05) is 16.3 Å². The summed E-state index contributed by atoms with van der Waals surface area (Å²) in [7, 11) is 1.19. The average molecular weight is 309 g/mol. The van der Waals surface area contributed by atoms with Gasteiger partial charge in [-0.25, -0.2) is 13.6 Å². The van der Waals surface area contributed by atoms with Crippen molar-refractivity contribution in [2.24, 2.45) is 0 Å². The molecular formula is C15H13F2NO2S. The van der Waals surface area contributed by atoms with E-state index in [1.807, 2.05) is 0 Å². The van der Waals surface area contributed by atoms with Gasteiger partial charge in [-0.15, -0.1) is 11.8 Å². The summed E-state index contributed by atoms with van der Waals surface area (Å²) in [4.78, 5) is 11.9. The summed E-state index contributed by atoms with van der Waals surface area (Å²) < 4.78 is 31.4.